The molecule has 0 aliphatic rings. The van der Waals surface area contributed by atoms with E-state index in [4.69, 9.17) is 23.2 Å². The van der Waals surface area contributed by atoms with Crippen LogP contribution >= 0.6 is 23.2 Å². The van der Waals surface area contributed by atoms with E-state index in [1.54, 1.807) is 55.5 Å². The van der Waals surface area contributed by atoms with Crippen LogP contribution in [0.25, 0.3) is 17.8 Å². The first-order valence-corrected chi connectivity index (χ1v) is 9.08. The fourth-order valence-electron chi connectivity index (χ4n) is 2.61. The van der Waals surface area contributed by atoms with Crippen LogP contribution in [0, 0.1) is 18.3 Å². The Bertz CT molecular complexity index is 1240. The third kappa shape index (κ3) is 4.21. The SMILES string of the molecule is Cc1ccc(-n2nc(C(=O)O)c(/C=C\c3ccc(Cl)cc3)c(C#N)c2=O)cc1Cl. The maximum absolute atomic E-state index is 12.8. The molecule has 0 atom stereocenters. The molecule has 0 bridgehead atoms. The molecule has 8 heteroatoms. The van der Waals surface area contributed by atoms with E-state index in [1.165, 1.54) is 12.1 Å². The molecule has 29 heavy (non-hydrogen) atoms. The molecular formula is C21H13Cl2N3O3. The lowest BCUT2D eigenvalue weighted by atomic mass is 10.1. The molecule has 1 heterocycles. The van der Waals surface area contributed by atoms with Gasteiger partial charge in [-0.25, -0.2) is 4.79 Å². The van der Waals surface area contributed by atoms with E-state index in [1.807, 2.05) is 0 Å². The predicted octanol–water partition coefficient (Wildman–Crippen LogP) is 4.59. The molecule has 0 spiro atoms. The minimum Gasteiger partial charge on any atom is -0.476 e. The second-order valence-electron chi connectivity index (χ2n) is 6.09. The number of rotatable bonds is 4. The summed E-state index contributed by atoms with van der Waals surface area (Å²) < 4.78 is 0.868. The van der Waals surface area contributed by atoms with Crippen LogP contribution in [0.2, 0.25) is 10.0 Å². The zero-order chi connectivity index (χ0) is 21.1. The molecule has 2 aromatic carbocycles. The standard InChI is InChI=1S/C21H13Cl2N3O3/c1-12-2-8-15(10-18(12)23)26-20(27)17(11-24)16(19(25-26)21(28)29)9-5-13-3-6-14(22)7-4-13/h2-10H,1H3,(H,28,29)/b9-5-. The van der Waals surface area contributed by atoms with Gasteiger partial charge in [-0.15, -0.1) is 0 Å². The van der Waals surface area contributed by atoms with Crippen molar-refractivity contribution in [1.82, 2.24) is 9.78 Å². The van der Waals surface area contributed by atoms with Crippen LogP contribution < -0.4 is 5.56 Å². The van der Waals surface area contributed by atoms with Gasteiger partial charge >= 0.3 is 5.97 Å². The van der Waals surface area contributed by atoms with Crippen molar-refractivity contribution in [2.45, 2.75) is 6.92 Å². The number of carboxylic acid groups (broad SMARTS) is 1. The lowest BCUT2D eigenvalue weighted by Gasteiger charge is -2.10. The minimum absolute atomic E-state index is 0.0746. The summed E-state index contributed by atoms with van der Waals surface area (Å²) in [4.78, 5) is 24.6. The number of carboxylic acids is 1. The summed E-state index contributed by atoms with van der Waals surface area (Å²) in [6.07, 6.45) is 2.96. The third-order valence-corrected chi connectivity index (χ3v) is 4.82. The van der Waals surface area contributed by atoms with E-state index in [-0.39, 0.29) is 16.8 Å². The number of aryl methyl sites for hydroxylation is 1. The van der Waals surface area contributed by atoms with E-state index in [2.05, 4.69) is 5.10 Å². The average molecular weight is 426 g/mol. The summed E-state index contributed by atoms with van der Waals surface area (Å²) in [6.45, 7) is 1.79. The van der Waals surface area contributed by atoms with Gasteiger partial charge < -0.3 is 5.11 Å². The Kier molecular flexibility index (Phi) is 5.83. The van der Waals surface area contributed by atoms with Crippen LogP contribution in [-0.2, 0) is 0 Å². The molecule has 3 rings (SSSR count). The second kappa shape index (κ2) is 8.31. The molecule has 0 aliphatic carbocycles. The lowest BCUT2D eigenvalue weighted by molar-refractivity contribution is 0.0688. The van der Waals surface area contributed by atoms with Gasteiger partial charge in [0.25, 0.3) is 5.56 Å². The van der Waals surface area contributed by atoms with Crippen molar-refractivity contribution in [3.8, 4) is 11.8 Å². The van der Waals surface area contributed by atoms with Crippen molar-refractivity contribution in [1.29, 1.82) is 5.26 Å². The van der Waals surface area contributed by atoms with Crippen molar-refractivity contribution in [2.24, 2.45) is 0 Å². The smallest absolute Gasteiger partial charge is 0.357 e. The molecule has 0 unspecified atom stereocenters. The average Bonchev–Trinajstić information content (AvgIpc) is 2.69. The highest BCUT2D eigenvalue weighted by Gasteiger charge is 2.21. The molecule has 6 nitrogen and oxygen atoms in total. The number of nitrogens with zero attached hydrogens (tertiary/aromatic N) is 3. The van der Waals surface area contributed by atoms with Gasteiger partial charge in [-0.2, -0.15) is 15.0 Å². The Morgan fingerprint density at radius 2 is 1.86 bits per heavy atom. The first-order chi connectivity index (χ1) is 13.8. The highest BCUT2D eigenvalue weighted by molar-refractivity contribution is 6.31. The number of halogens is 2. The molecule has 0 saturated carbocycles. The first kappa shape index (κ1) is 20.3. The van der Waals surface area contributed by atoms with Crippen LogP contribution in [0.15, 0.2) is 47.3 Å². The van der Waals surface area contributed by atoms with E-state index < -0.39 is 17.2 Å². The summed E-state index contributed by atoms with van der Waals surface area (Å²) >= 11 is 12.0. The van der Waals surface area contributed by atoms with Crippen molar-refractivity contribution in [3.63, 3.8) is 0 Å². The van der Waals surface area contributed by atoms with Crippen molar-refractivity contribution >= 4 is 41.3 Å². The van der Waals surface area contributed by atoms with Gasteiger partial charge in [0.15, 0.2) is 5.69 Å². The lowest BCUT2D eigenvalue weighted by Crippen LogP contribution is -2.28. The second-order valence-corrected chi connectivity index (χ2v) is 6.93. The number of aromatic nitrogens is 2. The van der Waals surface area contributed by atoms with Gasteiger partial charge in [0.05, 0.1) is 5.69 Å². The molecule has 0 saturated heterocycles. The monoisotopic (exact) mass is 425 g/mol. The Morgan fingerprint density at radius 3 is 2.45 bits per heavy atom. The highest BCUT2D eigenvalue weighted by Crippen LogP contribution is 2.20. The van der Waals surface area contributed by atoms with E-state index in [9.17, 15) is 20.0 Å². The molecule has 0 fully saturated rings. The molecule has 3 aromatic rings. The van der Waals surface area contributed by atoms with Gasteiger partial charge in [-0.3, -0.25) is 4.79 Å². The van der Waals surface area contributed by atoms with Gasteiger partial charge in [-0.05, 0) is 42.3 Å². The van der Waals surface area contributed by atoms with Gasteiger partial charge in [0.1, 0.15) is 11.6 Å². The largest absolute Gasteiger partial charge is 0.476 e. The van der Waals surface area contributed by atoms with Crippen LogP contribution in [0.3, 0.4) is 0 Å². The first-order valence-electron chi connectivity index (χ1n) is 8.32. The fraction of sp³-hybridized carbons (Fsp3) is 0.0476. The molecule has 0 radical (unpaired) electrons. The number of nitriles is 1. The number of carbonyl (C=O) groups is 1. The molecular weight excluding hydrogens is 413 g/mol. The molecule has 144 valence electrons. The highest BCUT2D eigenvalue weighted by atomic mass is 35.5. The normalized spacial score (nSPS) is 10.8. The quantitative estimate of drug-likeness (QED) is 0.659. The fourth-order valence-corrected chi connectivity index (χ4v) is 2.91. The zero-order valence-electron chi connectivity index (χ0n) is 15.1. The van der Waals surface area contributed by atoms with Crippen molar-refractivity contribution in [2.75, 3.05) is 0 Å². The van der Waals surface area contributed by atoms with Crippen LogP contribution in [-0.4, -0.2) is 20.9 Å². The number of hydrogen-bond acceptors (Lipinski definition) is 4. The summed E-state index contributed by atoms with van der Waals surface area (Å²) in [5, 5.41) is 24.1. The predicted molar refractivity (Wildman–Crippen MR) is 112 cm³/mol. The van der Waals surface area contributed by atoms with Gasteiger partial charge in [-0.1, -0.05) is 53.6 Å². The van der Waals surface area contributed by atoms with Crippen LogP contribution in [0.5, 0.6) is 0 Å². The number of hydrogen-bond donors (Lipinski definition) is 1. The zero-order valence-corrected chi connectivity index (χ0v) is 16.6. The Morgan fingerprint density at radius 1 is 1.17 bits per heavy atom. The maximum Gasteiger partial charge on any atom is 0.357 e. The van der Waals surface area contributed by atoms with Crippen LogP contribution in [0.1, 0.15) is 32.7 Å². The van der Waals surface area contributed by atoms with Gasteiger partial charge in [0, 0.05) is 15.6 Å². The van der Waals surface area contributed by atoms with E-state index in [0.717, 1.165) is 10.2 Å². The maximum atomic E-state index is 12.8. The Balaban J connectivity index is 2.21. The molecule has 1 aromatic heterocycles. The van der Waals surface area contributed by atoms with Crippen molar-refractivity contribution < 1.29 is 9.90 Å². The summed E-state index contributed by atoms with van der Waals surface area (Å²) in [5.74, 6) is -1.37. The molecule has 0 amide bonds. The third-order valence-electron chi connectivity index (χ3n) is 4.16. The summed E-state index contributed by atoms with van der Waals surface area (Å²) in [5.41, 5.74) is 0.178. The molecule has 0 aliphatic heterocycles. The number of aromatic carboxylic acids is 1. The van der Waals surface area contributed by atoms with E-state index >= 15 is 0 Å². The summed E-state index contributed by atoms with van der Waals surface area (Å²) in [6, 6.07) is 13.3. The van der Waals surface area contributed by atoms with Crippen LogP contribution in [0.4, 0.5) is 0 Å². The Hall–Kier alpha value is -3.40. The molecule has 1 N–H and O–H groups in total. The van der Waals surface area contributed by atoms with E-state index in [0.29, 0.717) is 15.6 Å². The Labute approximate surface area is 175 Å². The number of benzene rings is 2. The van der Waals surface area contributed by atoms with Gasteiger partial charge in [0.2, 0.25) is 0 Å². The van der Waals surface area contributed by atoms with Crippen molar-refractivity contribution in [3.05, 3.63) is 90.8 Å². The topological polar surface area (TPSA) is 96.0 Å². The summed E-state index contributed by atoms with van der Waals surface area (Å²) in [7, 11) is 0. The minimum atomic E-state index is -1.37.